The van der Waals surface area contributed by atoms with Crippen LogP contribution in [0.1, 0.15) is 37.7 Å². The van der Waals surface area contributed by atoms with Crippen LogP contribution < -0.4 is 16.0 Å². The van der Waals surface area contributed by atoms with Crippen LogP contribution in [0.2, 0.25) is 0 Å². The minimum atomic E-state index is -0.492. The van der Waals surface area contributed by atoms with Crippen molar-refractivity contribution in [1.29, 1.82) is 0 Å². The number of hydrogen-bond donors (Lipinski definition) is 3. The molecule has 0 radical (unpaired) electrons. The maximum atomic E-state index is 11.5. The monoisotopic (exact) mass is 338 g/mol. The van der Waals surface area contributed by atoms with Crippen molar-refractivity contribution < 1.29 is 9.53 Å². The van der Waals surface area contributed by atoms with Gasteiger partial charge in [0.2, 0.25) is 0 Å². The van der Waals surface area contributed by atoms with Crippen molar-refractivity contribution >= 4 is 12.1 Å². The smallest absolute Gasteiger partial charge is 0.407 e. The van der Waals surface area contributed by atoms with Crippen LogP contribution in [0.3, 0.4) is 0 Å². The summed E-state index contributed by atoms with van der Waals surface area (Å²) in [5.74, 6) is 0.670. The van der Waals surface area contributed by atoms with Gasteiger partial charge in [-0.15, -0.1) is 0 Å². The van der Waals surface area contributed by atoms with Gasteiger partial charge in [-0.2, -0.15) is 5.10 Å². The molecule has 0 atom stereocenters. The van der Waals surface area contributed by atoms with E-state index in [2.05, 4.69) is 26.0 Å². The quantitative estimate of drug-likeness (QED) is 0.427. The Kier molecular flexibility index (Phi) is 7.06. The molecule has 0 bridgehead atoms. The first-order valence-electron chi connectivity index (χ1n) is 8.04. The van der Waals surface area contributed by atoms with E-state index in [1.807, 2.05) is 46.3 Å². The number of ether oxygens (including phenoxy) is 1. The minimum absolute atomic E-state index is 0.422. The summed E-state index contributed by atoms with van der Waals surface area (Å²) in [6, 6.07) is 0. The molecule has 8 nitrogen and oxygen atoms in total. The number of aliphatic imine (C=N–C) groups is 1. The average molecular weight is 338 g/mol. The number of nitrogens with one attached hydrogen (secondary N) is 3. The van der Waals surface area contributed by atoms with Crippen molar-refractivity contribution in [2.75, 3.05) is 20.1 Å². The van der Waals surface area contributed by atoms with E-state index in [4.69, 9.17) is 4.74 Å². The highest BCUT2D eigenvalue weighted by Crippen LogP contribution is 2.10. The first kappa shape index (κ1) is 19.8. The Labute approximate surface area is 144 Å². The number of carbonyl (C=O) groups is 1. The molecule has 136 valence electrons. The molecule has 1 amide bonds. The van der Waals surface area contributed by atoms with Crippen LogP contribution in [-0.2, 0) is 18.3 Å². The highest BCUT2D eigenvalue weighted by Gasteiger charge is 2.15. The van der Waals surface area contributed by atoms with E-state index in [1.165, 1.54) is 0 Å². The van der Waals surface area contributed by atoms with Gasteiger partial charge >= 0.3 is 6.09 Å². The Bertz CT molecular complexity index is 586. The van der Waals surface area contributed by atoms with Crippen LogP contribution in [0.5, 0.6) is 0 Å². The summed E-state index contributed by atoms with van der Waals surface area (Å²) in [6.45, 7) is 11.2. The predicted molar refractivity (Wildman–Crippen MR) is 95.1 cm³/mol. The van der Waals surface area contributed by atoms with Crippen LogP contribution in [0.25, 0.3) is 0 Å². The third kappa shape index (κ3) is 6.47. The molecule has 1 rings (SSSR count). The molecule has 0 saturated heterocycles. The molecule has 1 aromatic heterocycles. The van der Waals surface area contributed by atoms with Crippen molar-refractivity contribution in [1.82, 2.24) is 25.7 Å². The van der Waals surface area contributed by atoms with Crippen molar-refractivity contribution in [3.63, 3.8) is 0 Å². The third-order valence-corrected chi connectivity index (χ3v) is 3.40. The summed E-state index contributed by atoms with van der Waals surface area (Å²) in [5.41, 5.74) is 2.80. The molecule has 0 saturated carbocycles. The second-order valence-electron chi connectivity index (χ2n) is 6.55. The fourth-order valence-electron chi connectivity index (χ4n) is 2.13. The zero-order chi connectivity index (χ0) is 18.3. The Hall–Kier alpha value is -2.25. The molecule has 0 unspecified atom stereocenters. The first-order chi connectivity index (χ1) is 11.1. The highest BCUT2D eigenvalue weighted by atomic mass is 16.6. The molecule has 24 heavy (non-hydrogen) atoms. The van der Waals surface area contributed by atoms with Gasteiger partial charge in [-0.05, 0) is 34.6 Å². The molecule has 0 aliphatic rings. The van der Waals surface area contributed by atoms with Crippen LogP contribution in [0.15, 0.2) is 4.99 Å². The van der Waals surface area contributed by atoms with Gasteiger partial charge in [-0.3, -0.25) is 9.67 Å². The molecule has 1 heterocycles. The van der Waals surface area contributed by atoms with Crippen molar-refractivity contribution in [3.05, 3.63) is 17.0 Å². The first-order valence-corrected chi connectivity index (χ1v) is 8.04. The van der Waals surface area contributed by atoms with E-state index in [9.17, 15) is 4.79 Å². The number of alkyl carbamates (subject to hydrolysis) is 1. The number of amides is 1. The van der Waals surface area contributed by atoms with Crippen LogP contribution in [0, 0.1) is 13.8 Å². The Morgan fingerprint density at radius 3 is 2.33 bits per heavy atom. The van der Waals surface area contributed by atoms with Crippen molar-refractivity contribution in [2.24, 2.45) is 12.0 Å². The normalized spacial score (nSPS) is 12.0. The molecule has 1 aromatic rings. The van der Waals surface area contributed by atoms with E-state index in [-0.39, 0.29) is 0 Å². The number of hydrogen-bond acceptors (Lipinski definition) is 4. The van der Waals surface area contributed by atoms with E-state index < -0.39 is 11.7 Å². The Balaban J connectivity index is 2.35. The molecule has 8 heteroatoms. The average Bonchev–Trinajstić information content (AvgIpc) is 2.70. The lowest BCUT2D eigenvalue weighted by Gasteiger charge is -2.20. The Morgan fingerprint density at radius 2 is 1.83 bits per heavy atom. The number of guanidine groups is 1. The number of aromatic nitrogens is 2. The fraction of sp³-hybridized carbons (Fsp3) is 0.688. The zero-order valence-electron chi connectivity index (χ0n) is 15.8. The SMILES string of the molecule is CN=C(NCCNC(=O)OC(C)(C)C)NCc1c(C)nn(C)c1C. The molecule has 0 aliphatic carbocycles. The van der Waals surface area contributed by atoms with Gasteiger partial charge in [0, 0.05) is 45.0 Å². The summed E-state index contributed by atoms with van der Waals surface area (Å²) in [7, 11) is 3.64. The second kappa shape index (κ2) is 8.56. The fourth-order valence-corrected chi connectivity index (χ4v) is 2.13. The molecule has 3 N–H and O–H groups in total. The standard InChI is InChI=1S/C16H30N6O2/c1-11-13(12(2)22(7)21-11)10-20-14(17-6)18-8-9-19-15(23)24-16(3,4)5/h8-10H2,1-7H3,(H,19,23)(H2,17,18,20). The lowest BCUT2D eigenvalue weighted by atomic mass is 10.2. The molecular formula is C16H30N6O2. The van der Waals surface area contributed by atoms with E-state index in [0.717, 1.165) is 17.0 Å². The molecule has 0 aliphatic heterocycles. The maximum Gasteiger partial charge on any atom is 0.407 e. The summed E-state index contributed by atoms with van der Waals surface area (Å²) >= 11 is 0. The lowest BCUT2D eigenvalue weighted by molar-refractivity contribution is 0.0529. The van der Waals surface area contributed by atoms with Crippen molar-refractivity contribution in [2.45, 2.75) is 46.8 Å². The number of aryl methyl sites for hydroxylation is 2. The number of nitrogens with zero attached hydrogens (tertiary/aromatic N) is 3. The highest BCUT2D eigenvalue weighted by molar-refractivity contribution is 5.79. The van der Waals surface area contributed by atoms with Crippen LogP contribution in [0.4, 0.5) is 4.79 Å². The number of rotatable bonds is 5. The predicted octanol–water partition coefficient (Wildman–Crippen LogP) is 1.23. The zero-order valence-corrected chi connectivity index (χ0v) is 15.8. The van der Waals surface area contributed by atoms with Gasteiger partial charge in [0.15, 0.2) is 5.96 Å². The van der Waals surface area contributed by atoms with Gasteiger partial charge in [-0.1, -0.05) is 0 Å². The van der Waals surface area contributed by atoms with Gasteiger partial charge in [0.25, 0.3) is 0 Å². The molecular weight excluding hydrogens is 308 g/mol. The topological polar surface area (TPSA) is 92.6 Å². The van der Waals surface area contributed by atoms with E-state index in [0.29, 0.717) is 25.6 Å². The van der Waals surface area contributed by atoms with Gasteiger partial charge in [0.05, 0.1) is 5.69 Å². The molecule has 0 fully saturated rings. The largest absolute Gasteiger partial charge is 0.444 e. The molecule has 0 aromatic carbocycles. The summed E-state index contributed by atoms with van der Waals surface area (Å²) in [6.07, 6.45) is -0.422. The van der Waals surface area contributed by atoms with Crippen LogP contribution in [-0.4, -0.2) is 47.6 Å². The summed E-state index contributed by atoms with van der Waals surface area (Å²) in [4.78, 5) is 15.7. The maximum absolute atomic E-state index is 11.5. The van der Waals surface area contributed by atoms with Crippen molar-refractivity contribution in [3.8, 4) is 0 Å². The molecule has 0 spiro atoms. The van der Waals surface area contributed by atoms with Gasteiger partial charge in [0.1, 0.15) is 5.60 Å². The second-order valence-corrected chi connectivity index (χ2v) is 6.55. The van der Waals surface area contributed by atoms with Gasteiger partial charge in [-0.25, -0.2) is 4.79 Å². The summed E-state index contributed by atoms with van der Waals surface area (Å²) < 4.78 is 7.04. The third-order valence-electron chi connectivity index (χ3n) is 3.40. The Morgan fingerprint density at radius 1 is 1.21 bits per heavy atom. The van der Waals surface area contributed by atoms with Crippen LogP contribution >= 0.6 is 0 Å². The van der Waals surface area contributed by atoms with E-state index in [1.54, 1.807) is 7.05 Å². The minimum Gasteiger partial charge on any atom is -0.444 e. The van der Waals surface area contributed by atoms with E-state index >= 15 is 0 Å². The lowest BCUT2D eigenvalue weighted by Crippen LogP contribution is -2.42. The number of carbonyl (C=O) groups excluding carboxylic acids is 1. The summed E-state index contributed by atoms with van der Waals surface area (Å²) in [5, 5.41) is 13.5. The van der Waals surface area contributed by atoms with Gasteiger partial charge < -0.3 is 20.7 Å².